The number of rotatable bonds is 40. The van der Waals surface area contributed by atoms with Gasteiger partial charge in [0.25, 0.3) is 5.78 Å². The third-order valence-corrected chi connectivity index (χ3v) is 6.32. The average Bonchev–Trinajstić information content (AvgIpc) is 3.14. The first-order valence-electron chi connectivity index (χ1n) is 17.0. The Morgan fingerprint density at radius 2 is 0.600 bits per heavy atom. The highest BCUT2D eigenvalue weighted by Gasteiger charge is 2.17. The van der Waals surface area contributed by atoms with Crippen molar-refractivity contribution in [1.29, 1.82) is 0 Å². The molecule has 1 aromatic rings. The summed E-state index contributed by atoms with van der Waals surface area (Å²) in [6.07, 6.45) is 0. The molecular formula is C34H57BrO15. The van der Waals surface area contributed by atoms with Crippen LogP contribution in [0, 0.1) is 0 Å². The monoisotopic (exact) mass is 784 g/mol. The van der Waals surface area contributed by atoms with Crippen LogP contribution in [0.5, 0.6) is 0 Å². The van der Waals surface area contributed by atoms with Gasteiger partial charge < -0.3 is 61.6 Å². The second-order valence-electron chi connectivity index (χ2n) is 9.87. The zero-order valence-electron chi connectivity index (χ0n) is 29.3. The van der Waals surface area contributed by atoms with Gasteiger partial charge in [-0.1, -0.05) is 46.3 Å². The Bertz CT molecular complexity index is 868. The Balaban J connectivity index is 1.65. The summed E-state index contributed by atoms with van der Waals surface area (Å²) in [5.41, 5.74) is 0.295. The second kappa shape index (κ2) is 38.6. The van der Waals surface area contributed by atoms with Gasteiger partial charge >= 0.3 is 5.97 Å². The topological polar surface area (TPSA) is 154 Å². The molecule has 50 heavy (non-hydrogen) atoms. The lowest BCUT2D eigenvalue weighted by atomic mass is 10.1. The van der Waals surface area contributed by atoms with Crippen molar-refractivity contribution in [3.05, 3.63) is 35.9 Å². The van der Waals surface area contributed by atoms with E-state index in [0.29, 0.717) is 158 Å². The number of ketones is 1. The maximum absolute atomic E-state index is 11.9. The number of esters is 1. The lowest BCUT2D eigenvalue weighted by Crippen LogP contribution is -2.20. The van der Waals surface area contributed by atoms with Crippen LogP contribution in [-0.2, 0) is 66.4 Å². The molecule has 0 heterocycles. The molecular weight excluding hydrogens is 728 g/mol. The summed E-state index contributed by atoms with van der Waals surface area (Å²) < 4.78 is 70.0. The SMILES string of the molecule is O=C(OCCOCCOCCOCCOCCOCCOCCOCCOCCOCCOCCOCCOCCBr)C(=O)c1ccccc1. The van der Waals surface area contributed by atoms with E-state index in [1.165, 1.54) is 0 Å². The molecule has 0 unspecified atom stereocenters. The summed E-state index contributed by atoms with van der Waals surface area (Å²) in [5, 5.41) is 0.830. The molecule has 15 nitrogen and oxygen atoms in total. The van der Waals surface area contributed by atoms with E-state index in [0.717, 1.165) is 5.33 Å². The van der Waals surface area contributed by atoms with Gasteiger partial charge in [0, 0.05) is 10.9 Å². The third kappa shape index (κ3) is 32.3. The molecule has 1 aromatic carbocycles. The van der Waals surface area contributed by atoms with Crippen LogP contribution < -0.4 is 0 Å². The zero-order chi connectivity index (χ0) is 35.8. The van der Waals surface area contributed by atoms with Gasteiger partial charge in [-0.05, 0) is 0 Å². The van der Waals surface area contributed by atoms with E-state index in [9.17, 15) is 9.59 Å². The highest BCUT2D eigenvalue weighted by molar-refractivity contribution is 9.09. The number of Topliss-reactive ketones (excluding diaryl/α,β-unsaturated/α-hetero) is 1. The highest BCUT2D eigenvalue weighted by Crippen LogP contribution is 2.01. The van der Waals surface area contributed by atoms with E-state index in [4.69, 9.17) is 61.6 Å². The van der Waals surface area contributed by atoms with Gasteiger partial charge in [0.2, 0.25) is 0 Å². The molecule has 1 rings (SSSR count). The van der Waals surface area contributed by atoms with Crippen LogP contribution in [0.15, 0.2) is 30.3 Å². The number of carbonyl (C=O) groups excluding carboxylic acids is 2. The Kier molecular flexibility index (Phi) is 35.8. The van der Waals surface area contributed by atoms with E-state index in [2.05, 4.69) is 15.9 Å². The smallest absolute Gasteiger partial charge is 0.379 e. The first kappa shape index (κ1) is 46.4. The molecule has 0 aromatic heterocycles. The molecule has 0 N–H and O–H groups in total. The predicted molar refractivity (Wildman–Crippen MR) is 185 cm³/mol. The highest BCUT2D eigenvalue weighted by atomic mass is 79.9. The number of hydrogen-bond acceptors (Lipinski definition) is 15. The predicted octanol–water partition coefficient (Wildman–Crippen LogP) is 2.01. The summed E-state index contributed by atoms with van der Waals surface area (Å²) in [5.74, 6) is -1.57. The lowest BCUT2D eigenvalue weighted by molar-refractivity contribution is -0.139. The van der Waals surface area contributed by atoms with Crippen LogP contribution in [0.4, 0.5) is 0 Å². The van der Waals surface area contributed by atoms with Crippen LogP contribution in [0.2, 0.25) is 0 Å². The van der Waals surface area contributed by atoms with Crippen LogP contribution in [0.1, 0.15) is 10.4 Å². The molecule has 0 amide bonds. The number of benzene rings is 1. The normalized spacial score (nSPS) is 11.3. The van der Waals surface area contributed by atoms with Gasteiger partial charge in [0.1, 0.15) is 6.61 Å². The maximum atomic E-state index is 11.9. The molecule has 16 heteroatoms. The van der Waals surface area contributed by atoms with Gasteiger partial charge in [-0.2, -0.15) is 0 Å². The minimum atomic E-state index is -0.898. The van der Waals surface area contributed by atoms with Crippen LogP contribution in [0.25, 0.3) is 0 Å². The van der Waals surface area contributed by atoms with Gasteiger partial charge in [0.15, 0.2) is 0 Å². The average molecular weight is 786 g/mol. The van der Waals surface area contributed by atoms with Crippen molar-refractivity contribution in [2.75, 3.05) is 171 Å². The maximum Gasteiger partial charge on any atom is 0.379 e. The van der Waals surface area contributed by atoms with Crippen molar-refractivity contribution in [2.45, 2.75) is 0 Å². The van der Waals surface area contributed by atoms with Crippen molar-refractivity contribution in [1.82, 2.24) is 0 Å². The number of carbonyl (C=O) groups is 2. The van der Waals surface area contributed by atoms with Crippen LogP contribution in [-0.4, -0.2) is 182 Å². The largest absolute Gasteiger partial charge is 0.457 e. The van der Waals surface area contributed by atoms with Crippen molar-refractivity contribution >= 4 is 27.7 Å². The number of alkyl halides is 1. The minimum Gasteiger partial charge on any atom is -0.457 e. The molecule has 0 atom stereocenters. The Morgan fingerprint density at radius 1 is 0.360 bits per heavy atom. The van der Waals surface area contributed by atoms with Crippen molar-refractivity contribution in [2.24, 2.45) is 0 Å². The lowest BCUT2D eigenvalue weighted by Gasteiger charge is -2.09. The van der Waals surface area contributed by atoms with Gasteiger partial charge in [-0.25, -0.2) is 4.79 Å². The van der Waals surface area contributed by atoms with E-state index in [-0.39, 0.29) is 13.2 Å². The number of halogens is 1. The van der Waals surface area contributed by atoms with Crippen LogP contribution >= 0.6 is 15.9 Å². The van der Waals surface area contributed by atoms with E-state index >= 15 is 0 Å². The van der Waals surface area contributed by atoms with Crippen molar-refractivity contribution < 1.29 is 71.2 Å². The van der Waals surface area contributed by atoms with Crippen molar-refractivity contribution in [3.8, 4) is 0 Å². The Hall–Kier alpha value is -1.64. The summed E-state index contributed by atoms with van der Waals surface area (Å²) in [6, 6.07) is 8.26. The summed E-state index contributed by atoms with van der Waals surface area (Å²) in [7, 11) is 0. The van der Waals surface area contributed by atoms with Gasteiger partial charge in [-0.15, -0.1) is 0 Å². The van der Waals surface area contributed by atoms with Gasteiger partial charge in [0.05, 0.1) is 159 Å². The fourth-order valence-corrected chi connectivity index (χ4v) is 3.77. The summed E-state index contributed by atoms with van der Waals surface area (Å²) in [6.45, 7) is 11.5. The molecule has 0 saturated carbocycles. The molecule has 0 fully saturated rings. The number of ether oxygens (including phenoxy) is 13. The fraction of sp³-hybridized carbons (Fsp3) is 0.765. The number of hydrogen-bond donors (Lipinski definition) is 0. The second-order valence-corrected chi connectivity index (χ2v) is 10.7. The van der Waals surface area contributed by atoms with Crippen molar-refractivity contribution in [3.63, 3.8) is 0 Å². The molecule has 0 saturated heterocycles. The van der Waals surface area contributed by atoms with E-state index in [1.54, 1.807) is 30.3 Å². The molecule has 290 valence electrons. The molecule has 0 bridgehead atoms. The fourth-order valence-electron chi connectivity index (χ4n) is 3.54. The molecule has 0 spiro atoms. The summed E-state index contributed by atoms with van der Waals surface area (Å²) in [4.78, 5) is 23.6. The molecule has 0 radical (unpaired) electrons. The molecule has 0 aliphatic heterocycles. The summed E-state index contributed by atoms with van der Waals surface area (Å²) >= 11 is 3.30. The van der Waals surface area contributed by atoms with Crippen LogP contribution in [0.3, 0.4) is 0 Å². The quantitative estimate of drug-likeness (QED) is 0.0313. The molecule has 0 aliphatic carbocycles. The third-order valence-electron chi connectivity index (χ3n) is 6.00. The Morgan fingerprint density at radius 3 is 0.860 bits per heavy atom. The first-order valence-corrected chi connectivity index (χ1v) is 18.1. The zero-order valence-corrected chi connectivity index (χ0v) is 30.9. The minimum absolute atomic E-state index is 0.00394. The van der Waals surface area contributed by atoms with E-state index in [1.807, 2.05) is 0 Å². The van der Waals surface area contributed by atoms with E-state index < -0.39 is 11.8 Å². The Labute approximate surface area is 304 Å². The standard InChI is InChI=1S/C34H57BrO15/c35-6-7-38-8-9-39-10-11-40-12-13-41-14-15-42-16-17-43-18-19-44-20-21-45-22-23-46-24-25-47-26-27-48-28-29-49-30-31-50-34(37)33(36)32-4-2-1-3-5-32/h1-5H,6-31H2. The molecule has 0 aliphatic rings. The van der Waals surface area contributed by atoms with Gasteiger partial charge in [-0.3, -0.25) is 4.79 Å². The first-order chi connectivity index (χ1) is 24.8.